The Bertz CT molecular complexity index is 973. The number of benzene rings is 1. The summed E-state index contributed by atoms with van der Waals surface area (Å²) in [4.78, 5) is 25.1. The number of aromatic nitrogens is 2. The summed E-state index contributed by atoms with van der Waals surface area (Å²) in [5.41, 5.74) is 6.05. The maximum atomic E-state index is 12.0. The molecule has 9 nitrogen and oxygen atoms in total. The molecule has 1 aromatic carbocycles. The number of carboxylic acid groups (broad SMARTS) is 1. The number of piperidine rings is 1. The predicted molar refractivity (Wildman–Crippen MR) is 111 cm³/mol. The molecule has 1 aromatic heterocycles. The van der Waals surface area contributed by atoms with Gasteiger partial charge in [0.15, 0.2) is 5.82 Å². The molecule has 2 amide bonds. The van der Waals surface area contributed by atoms with Crippen LogP contribution >= 0.6 is 0 Å². The van der Waals surface area contributed by atoms with Crippen LogP contribution in [-0.4, -0.2) is 44.4 Å². The van der Waals surface area contributed by atoms with Crippen molar-refractivity contribution < 1.29 is 14.7 Å². The highest BCUT2D eigenvalue weighted by Crippen LogP contribution is 2.41. The summed E-state index contributed by atoms with van der Waals surface area (Å²) in [6.45, 7) is 6.02. The molecule has 1 saturated heterocycles. The van der Waals surface area contributed by atoms with E-state index in [9.17, 15) is 20.0 Å². The minimum Gasteiger partial charge on any atom is -0.465 e. The first kappa shape index (κ1) is 21.2. The van der Waals surface area contributed by atoms with E-state index in [1.165, 1.54) is 4.90 Å². The van der Waals surface area contributed by atoms with Crippen LogP contribution < -0.4 is 11.1 Å². The largest absolute Gasteiger partial charge is 0.465 e. The van der Waals surface area contributed by atoms with Gasteiger partial charge in [-0.25, -0.2) is 4.79 Å². The highest BCUT2D eigenvalue weighted by atomic mass is 16.4. The third kappa shape index (κ3) is 4.08. The number of anilines is 2. The Morgan fingerprint density at radius 2 is 1.97 bits per heavy atom. The molecule has 0 spiro atoms. The van der Waals surface area contributed by atoms with Crippen LogP contribution in [0.2, 0.25) is 0 Å². The number of para-hydroxylation sites is 1. The van der Waals surface area contributed by atoms with Gasteiger partial charge < -0.3 is 21.1 Å². The molecule has 4 N–H and O–H groups in total. The fourth-order valence-electron chi connectivity index (χ4n) is 4.16. The topological polar surface area (TPSA) is 137 Å². The van der Waals surface area contributed by atoms with Gasteiger partial charge in [0, 0.05) is 18.4 Å². The summed E-state index contributed by atoms with van der Waals surface area (Å²) in [5.74, 6) is -0.970. The second-order valence-electron chi connectivity index (χ2n) is 8.52. The summed E-state index contributed by atoms with van der Waals surface area (Å²) < 4.78 is 1.58. The minimum atomic E-state index is -1.04. The van der Waals surface area contributed by atoms with Crippen molar-refractivity contribution >= 4 is 23.5 Å². The predicted octanol–water partition coefficient (Wildman–Crippen LogP) is 3.20. The van der Waals surface area contributed by atoms with Crippen molar-refractivity contribution in [2.24, 2.45) is 17.1 Å². The number of amides is 2. The van der Waals surface area contributed by atoms with E-state index in [-0.39, 0.29) is 18.2 Å². The lowest BCUT2D eigenvalue weighted by Gasteiger charge is -2.47. The van der Waals surface area contributed by atoms with Crippen LogP contribution in [-0.2, 0) is 0 Å². The Kier molecular flexibility index (Phi) is 5.69. The lowest BCUT2D eigenvalue weighted by molar-refractivity contribution is 0.0153. The average Bonchev–Trinajstić information content (AvgIpc) is 3.10. The van der Waals surface area contributed by atoms with Gasteiger partial charge >= 0.3 is 6.09 Å². The van der Waals surface area contributed by atoms with Gasteiger partial charge in [-0.15, -0.1) is 0 Å². The number of carbonyl (C=O) groups is 2. The number of nitriles is 1. The SMILES string of the molecule is CC(C)(C)C1[C@@H](C#N)[C@H](n2cc(C(N)=O)c(Nc3ccccc3)n2)CCN1C(=O)O. The zero-order chi connectivity index (χ0) is 22.1. The van der Waals surface area contributed by atoms with Crippen LogP contribution in [0.5, 0.6) is 0 Å². The van der Waals surface area contributed by atoms with E-state index in [0.717, 1.165) is 5.69 Å². The summed E-state index contributed by atoms with van der Waals surface area (Å²) in [6.07, 6.45) is 0.902. The van der Waals surface area contributed by atoms with Gasteiger partial charge in [0.25, 0.3) is 5.91 Å². The number of rotatable bonds is 4. The maximum Gasteiger partial charge on any atom is 0.407 e. The van der Waals surface area contributed by atoms with E-state index >= 15 is 0 Å². The lowest BCUT2D eigenvalue weighted by atomic mass is 9.72. The van der Waals surface area contributed by atoms with Crippen LogP contribution in [0.25, 0.3) is 0 Å². The number of primary amides is 1. The normalized spacial score (nSPS) is 21.7. The monoisotopic (exact) mass is 410 g/mol. The molecule has 1 aliphatic rings. The number of hydrogen-bond acceptors (Lipinski definition) is 5. The first-order valence-corrected chi connectivity index (χ1v) is 9.73. The van der Waals surface area contributed by atoms with Crippen molar-refractivity contribution in [3.8, 4) is 6.07 Å². The van der Waals surface area contributed by atoms with Gasteiger partial charge in [-0.3, -0.25) is 9.48 Å². The highest BCUT2D eigenvalue weighted by Gasteiger charge is 2.47. The van der Waals surface area contributed by atoms with Crippen LogP contribution in [0, 0.1) is 22.7 Å². The van der Waals surface area contributed by atoms with Crippen molar-refractivity contribution in [1.82, 2.24) is 14.7 Å². The first-order chi connectivity index (χ1) is 14.1. The molecule has 3 rings (SSSR count). The number of hydrogen-bond donors (Lipinski definition) is 3. The molecule has 2 aromatic rings. The van der Waals surface area contributed by atoms with Gasteiger partial charge in [0.05, 0.1) is 24.1 Å². The molecule has 1 unspecified atom stereocenters. The number of nitrogens with two attached hydrogens (primary N) is 1. The molecule has 1 fully saturated rings. The minimum absolute atomic E-state index is 0.212. The molecular formula is C21H26N6O3. The van der Waals surface area contributed by atoms with Crippen molar-refractivity contribution in [1.29, 1.82) is 5.26 Å². The fourth-order valence-corrected chi connectivity index (χ4v) is 4.16. The van der Waals surface area contributed by atoms with E-state index in [1.807, 2.05) is 51.1 Å². The van der Waals surface area contributed by atoms with Crippen LogP contribution in [0.3, 0.4) is 0 Å². The summed E-state index contributed by atoms with van der Waals surface area (Å²) >= 11 is 0. The molecule has 30 heavy (non-hydrogen) atoms. The molecule has 2 heterocycles. The zero-order valence-corrected chi connectivity index (χ0v) is 17.2. The Morgan fingerprint density at radius 3 is 2.50 bits per heavy atom. The number of nitrogens with zero attached hydrogens (tertiary/aromatic N) is 4. The summed E-state index contributed by atoms with van der Waals surface area (Å²) in [6, 6.07) is 10.6. The molecule has 9 heteroatoms. The first-order valence-electron chi connectivity index (χ1n) is 9.73. The smallest absolute Gasteiger partial charge is 0.407 e. The third-order valence-corrected chi connectivity index (χ3v) is 5.41. The zero-order valence-electron chi connectivity index (χ0n) is 17.2. The Hall–Kier alpha value is -3.54. The van der Waals surface area contributed by atoms with Gasteiger partial charge in [0.1, 0.15) is 5.56 Å². The van der Waals surface area contributed by atoms with Gasteiger partial charge in [-0.2, -0.15) is 10.4 Å². The summed E-state index contributed by atoms with van der Waals surface area (Å²) in [7, 11) is 0. The average molecular weight is 410 g/mol. The quantitative estimate of drug-likeness (QED) is 0.708. The van der Waals surface area contributed by atoms with E-state index in [1.54, 1.807) is 10.9 Å². The Morgan fingerprint density at radius 1 is 1.30 bits per heavy atom. The third-order valence-electron chi connectivity index (χ3n) is 5.41. The van der Waals surface area contributed by atoms with Crippen molar-refractivity contribution in [3.05, 3.63) is 42.1 Å². The van der Waals surface area contributed by atoms with Gasteiger partial charge in [-0.05, 0) is 24.0 Å². The van der Waals surface area contributed by atoms with Crippen molar-refractivity contribution in [2.45, 2.75) is 39.3 Å². The van der Waals surface area contributed by atoms with Crippen LogP contribution in [0.4, 0.5) is 16.3 Å². The van der Waals surface area contributed by atoms with Crippen molar-refractivity contribution in [2.75, 3.05) is 11.9 Å². The second-order valence-corrected chi connectivity index (χ2v) is 8.52. The molecule has 0 bridgehead atoms. The second kappa shape index (κ2) is 8.06. The Labute approximate surface area is 175 Å². The van der Waals surface area contributed by atoms with Crippen LogP contribution in [0.15, 0.2) is 36.5 Å². The van der Waals surface area contributed by atoms with Crippen molar-refractivity contribution in [3.63, 3.8) is 0 Å². The lowest BCUT2D eigenvalue weighted by Crippen LogP contribution is -2.56. The number of carbonyl (C=O) groups excluding carboxylic acids is 1. The van der Waals surface area contributed by atoms with Gasteiger partial charge in [0.2, 0.25) is 0 Å². The molecule has 1 aliphatic heterocycles. The highest BCUT2D eigenvalue weighted by molar-refractivity contribution is 5.98. The standard InChI is InChI=1S/C21H26N6O3/c1-21(2,3)17-14(11-22)16(9-10-26(17)20(29)30)27-12-15(18(23)28)19(25-27)24-13-7-5-4-6-8-13/h4-8,12,14,16-17H,9-10H2,1-3H3,(H2,23,28)(H,24,25)(H,29,30)/t14-,16+,17?/m0/s1. The molecule has 0 radical (unpaired) electrons. The number of likely N-dealkylation sites (tertiary alicyclic amines) is 1. The van der Waals surface area contributed by atoms with E-state index in [4.69, 9.17) is 5.73 Å². The molecule has 0 saturated carbocycles. The molecule has 158 valence electrons. The molecular weight excluding hydrogens is 384 g/mol. The van der Waals surface area contributed by atoms with E-state index in [0.29, 0.717) is 12.2 Å². The maximum absolute atomic E-state index is 12.0. The fraction of sp³-hybridized carbons (Fsp3) is 0.429. The molecule has 3 atom stereocenters. The summed E-state index contributed by atoms with van der Waals surface area (Å²) in [5, 5.41) is 27.2. The van der Waals surface area contributed by atoms with Gasteiger partial charge in [-0.1, -0.05) is 39.0 Å². The number of nitrogens with one attached hydrogen (secondary N) is 1. The van der Waals surface area contributed by atoms with Crippen LogP contribution in [0.1, 0.15) is 43.6 Å². The molecule has 0 aliphatic carbocycles. The van der Waals surface area contributed by atoms with E-state index in [2.05, 4.69) is 16.5 Å². The Balaban J connectivity index is 2.00. The van der Waals surface area contributed by atoms with E-state index < -0.39 is 29.4 Å².